The predicted octanol–water partition coefficient (Wildman–Crippen LogP) is 3.94. The molecule has 2 fully saturated rings. The molecule has 5 nitrogen and oxygen atoms in total. The van der Waals surface area contributed by atoms with Gasteiger partial charge in [-0.15, -0.1) is 11.3 Å². The molecular formula is C24H30N4OS. The number of amides is 1. The summed E-state index contributed by atoms with van der Waals surface area (Å²) < 4.78 is 2.12. The average molecular weight is 423 g/mol. The van der Waals surface area contributed by atoms with Gasteiger partial charge in [-0.05, 0) is 49.3 Å². The number of thiazole rings is 1. The Morgan fingerprint density at radius 3 is 2.93 bits per heavy atom. The molecule has 0 bridgehead atoms. The van der Waals surface area contributed by atoms with Gasteiger partial charge in [0, 0.05) is 55.4 Å². The second kappa shape index (κ2) is 8.16. The highest BCUT2D eigenvalue weighted by Crippen LogP contribution is 2.40. The van der Waals surface area contributed by atoms with Crippen molar-refractivity contribution in [1.29, 1.82) is 0 Å². The number of fused-ring (bicyclic) bond motifs is 2. The minimum Gasteiger partial charge on any atom is -0.350 e. The molecule has 3 heterocycles. The van der Waals surface area contributed by atoms with Crippen molar-refractivity contribution in [3.05, 3.63) is 52.6 Å². The maximum absolute atomic E-state index is 13.1. The number of likely N-dealkylation sites (tertiary alicyclic amines) is 1. The van der Waals surface area contributed by atoms with Gasteiger partial charge in [0.25, 0.3) is 0 Å². The van der Waals surface area contributed by atoms with Crippen LogP contribution in [-0.2, 0) is 24.8 Å². The summed E-state index contributed by atoms with van der Waals surface area (Å²) >= 11 is 1.75. The lowest BCUT2D eigenvalue weighted by molar-refractivity contribution is -0.131. The number of para-hydroxylation sites is 1. The van der Waals surface area contributed by atoms with E-state index >= 15 is 0 Å². The molecule has 158 valence electrons. The number of carbonyl (C=O) groups excluding carboxylic acids is 1. The number of nitrogens with zero attached hydrogens (tertiary/aromatic N) is 4. The smallest absolute Gasteiger partial charge is 0.227 e. The van der Waals surface area contributed by atoms with Crippen molar-refractivity contribution in [2.24, 2.45) is 18.9 Å². The molecule has 3 atom stereocenters. The molecule has 1 aromatic carbocycles. The Kier molecular flexibility index (Phi) is 5.37. The van der Waals surface area contributed by atoms with Crippen molar-refractivity contribution < 1.29 is 4.79 Å². The van der Waals surface area contributed by atoms with Crippen molar-refractivity contribution in [2.75, 3.05) is 20.1 Å². The van der Waals surface area contributed by atoms with E-state index in [-0.39, 0.29) is 5.91 Å². The first kappa shape index (κ1) is 19.8. The topological polar surface area (TPSA) is 41.4 Å². The van der Waals surface area contributed by atoms with Crippen LogP contribution in [-0.4, -0.2) is 51.4 Å². The van der Waals surface area contributed by atoms with Crippen LogP contribution in [0.3, 0.4) is 0 Å². The lowest BCUT2D eigenvalue weighted by atomic mass is 9.89. The third-order valence-corrected chi connectivity index (χ3v) is 7.99. The van der Waals surface area contributed by atoms with Gasteiger partial charge in [-0.1, -0.05) is 18.2 Å². The molecule has 1 amide bonds. The highest BCUT2D eigenvalue weighted by atomic mass is 32.1. The zero-order valence-corrected chi connectivity index (χ0v) is 18.6. The van der Waals surface area contributed by atoms with Crippen molar-refractivity contribution in [2.45, 2.75) is 38.3 Å². The van der Waals surface area contributed by atoms with Crippen LogP contribution in [0.4, 0.5) is 0 Å². The van der Waals surface area contributed by atoms with Crippen LogP contribution < -0.4 is 0 Å². The fourth-order valence-corrected chi connectivity index (χ4v) is 6.23. The number of aryl methyl sites for hydroxylation is 1. The van der Waals surface area contributed by atoms with E-state index in [1.165, 1.54) is 22.3 Å². The van der Waals surface area contributed by atoms with E-state index in [9.17, 15) is 4.79 Å². The maximum atomic E-state index is 13.1. The first-order valence-corrected chi connectivity index (χ1v) is 11.9. The van der Waals surface area contributed by atoms with Gasteiger partial charge >= 0.3 is 0 Å². The summed E-state index contributed by atoms with van der Waals surface area (Å²) in [5, 5.41) is 4.47. The van der Waals surface area contributed by atoms with Gasteiger partial charge in [-0.25, -0.2) is 4.98 Å². The number of hydrogen-bond donors (Lipinski definition) is 0. The zero-order valence-electron chi connectivity index (χ0n) is 17.8. The molecule has 6 heteroatoms. The van der Waals surface area contributed by atoms with Crippen LogP contribution in [0.1, 0.15) is 29.8 Å². The van der Waals surface area contributed by atoms with Crippen LogP contribution in [0.25, 0.3) is 10.9 Å². The second-order valence-electron chi connectivity index (χ2n) is 9.06. The van der Waals surface area contributed by atoms with Crippen molar-refractivity contribution in [3.8, 4) is 0 Å². The minimum atomic E-state index is 0.245. The molecule has 30 heavy (non-hydrogen) atoms. The lowest BCUT2D eigenvalue weighted by Gasteiger charge is -2.34. The predicted molar refractivity (Wildman–Crippen MR) is 121 cm³/mol. The summed E-state index contributed by atoms with van der Waals surface area (Å²) in [6, 6.07) is 8.73. The van der Waals surface area contributed by atoms with Crippen molar-refractivity contribution >= 4 is 28.1 Å². The Bertz CT molecular complexity index is 1030. The number of carbonyl (C=O) groups is 1. The molecule has 0 N–H and O–H groups in total. The Balaban J connectivity index is 1.21. The first-order valence-electron chi connectivity index (χ1n) is 11.0. The van der Waals surface area contributed by atoms with E-state index in [4.69, 9.17) is 0 Å². The first-order chi connectivity index (χ1) is 14.6. The van der Waals surface area contributed by atoms with Crippen LogP contribution in [0, 0.1) is 11.8 Å². The van der Waals surface area contributed by atoms with Crippen LogP contribution in [0.2, 0.25) is 0 Å². The number of hydrogen-bond acceptors (Lipinski definition) is 4. The molecule has 0 radical (unpaired) electrons. The third kappa shape index (κ3) is 3.79. The summed E-state index contributed by atoms with van der Waals surface area (Å²) in [5.74, 6) is 1.71. The van der Waals surface area contributed by atoms with E-state index in [0.29, 0.717) is 18.4 Å². The van der Waals surface area contributed by atoms with E-state index < -0.39 is 0 Å². The summed E-state index contributed by atoms with van der Waals surface area (Å²) in [4.78, 5) is 22.2. The van der Waals surface area contributed by atoms with E-state index in [1.807, 2.05) is 18.1 Å². The van der Waals surface area contributed by atoms with Gasteiger partial charge in [0.2, 0.25) is 5.91 Å². The zero-order chi connectivity index (χ0) is 20.7. The van der Waals surface area contributed by atoms with Gasteiger partial charge in [-0.2, -0.15) is 0 Å². The lowest BCUT2D eigenvalue weighted by Crippen LogP contribution is -2.38. The highest BCUT2D eigenvalue weighted by Gasteiger charge is 2.40. The molecule has 2 aromatic heterocycles. The normalized spacial score (nSPS) is 24.3. The summed E-state index contributed by atoms with van der Waals surface area (Å²) in [6.45, 7) is 3.27. The minimum absolute atomic E-state index is 0.245. The van der Waals surface area contributed by atoms with Crippen molar-refractivity contribution in [1.82, 2.24) is 19.4 Å². The van der Waals surface area contributed by atoms with E-state index in [0.717, 1.165) is 44.0 Å². The van der Waals surface area contributed by atoms with Crippen LogP contribution >= 0.6 is 11.3 Å². The highest BCUT2D eigenvalue weighted by molar-refractivity contribution is 7.09. The van der Waals surface area contributed by atoms with Gasteiger partial charge in [0.15, 0.2) is 0 Å². The number of piperidine rings is 1. The molecule has 0 spiro atoms. The SMILES string of the molecule is CN(C(=O)Cc1cn(C)c2ccccc12)[C@H]1C[C@H]2CCN(Cc3nccs3)C[C@H]2C1. The third-order valence-electron chi connectivity index (χ3n) is 7.23. The second-order valence-corrected chi connectivity index (χ2v) is 10.0. The van der Waals surface area contributed by atoms with Gasteiger partial charge in [0.05, 0.1) is 13.0 Å². The van der Waals surface area contributed by atoms with Gasteiger partial charge < -0.3 is 9.47 Å². The largest absolute Gasteiger partial charge is 0.350 e. The van der Waals surface area contributed by atoms with Gasteiger partial charge in [0.1, 0.15) is 5.01 Å². The average Bonchev–Trinajstić information content (AvgIpc) is 3.47. The molecule has 3 aromatic rings. The molecule has 2 aliphatic rings. The Labute approximate surface area is 182 Å². The molecule has 0 unspecified atom stereocenters. The number of rotatable bonds is 5. The fraction of sp³-hybridized carbons (Fsp3) is 0.500. The molecule has 1 aliphatic carbocycles. The standard InChI is InChI=1S/C24H30N4OS/c1-26-14-19(21-5-3-4-6-22(21)26)13-24(29)27(2)20-11-17-7-9-28(15-18(17)12-20)16-23-25-8-10-30-23/h3-6,8,10,14,17-18,20H,7,9,11-13,15-16H2,1-2H3/t17-,18-,20+/m1/s1. The number of benzene rings is 1. The monoisotopic (exact) mass is 422 g/mol. The molecule has 1 saturated heterocycles. The molecule has 1 aliphatic heterocycles. The fourth-order valence-electron chi connectivity index (χ4n) is 5.57. The van der Waals surface area contributed by atoms with Crippen LogP contribution in [0.5, 0.6) is 0 Å². The Morgan fingerprint density at radius 1 is 1.27 bits per heavy atom. The van der Waals surface area contributed by atoms with E-state index in [2.05, 4.69) is 57.3 Å². The quantitative estimate of drug-likeness (QED) is 0.625. The molecule has 5 rings (SSSR count). The van der Waals surface area contributed by atoms with Gasteiger partial charge in [-0.3, -0.25) is 9.69 Å². The Morgan fingerprint density at radius 2 is 2.10 bits per heavy atom. The number of aromatic nitrogens is 2. The number of likely N-dealkylation sites (N-methyl/N-ethyl adjacent to an activating group) is 1. The molecular weight excluding hydrogens is 392 g/mol. The van der Waals surface area contributed by atoms with E-state index in [1.54, 1.807) is 11.3 Å². The summed E-state index contributed by atoms with van der Waals surface area (Å²) in [5.41, 5.74) is 2.32. The Hall–Kier alpha value is -2.18. The summed E-state index contributed by atoms with van der Waals surface area (Å²) in [7, 11) is 4.07. The van der Waals surface area contributed by atoms with Crippen LogP contribution in [0.15, 0.2) is 42.0 Å². The summed E-state index contributed by atoms with van der Waals surface area (Å²) in [6.07, 6.45) is 8.04. The van der Waals surface area contributed by atoms with Crippen molar-refractivity contribution in [3.63, 3.8) is 0 Å². The maximum Gasteiger partial charge on any atom is 0.227 e. The molecule has 1 saturated carbocycles.